The fraction of sp³-hybridized carbons (Fsp3) is 0.278. The Balaban J connectivity index is 1.60. The number of hydrogen-bond donors (Lipinski definition) is 2. The number of aromatic nitrogens is 1. The molecule has 0 aliphatic carbocycles. The Morgan fingerprint density at radius 2 is 1.88 bits per heavy atom. The van der Waals surface area contributed by atoms with Crippen LogP contribution in [0.5, 0.6) is 5.75 Å². The van der Waals surface area contributed by atoms with E-state index in [4.69, 9.17) is 4.74 Å². The van der Waals surface area contributed by atoms with E-state index < -0.39 is 12.1 Å². The zero-order valence-corrected chi connectivity index (χ0v) is 13.9. The molecular weight excluding hydrogens is 320 g/mol. The summed E-state index contributed by atoms with van der Waals surface area (Å²) in [5, 5.41) is 5.99. The summed E-state index contributed by atoms with van der Waals surface area (Å²) in [6.45, 7) is 3.81. The molecule has 2 aromatic rings. The van der Waals surface area contributed by atoms with E-state index in [1.54, 1.807) is 24.5 Å². The van der Waals surface area contributed by atoms with Gasteiger partial charge in [0.2, 0.25) is 0 Å². The summed E-state index contributed by atoms with van der Waals surface area (Å²) in [7, 11) is 0. The van der Waals surface area contributed by atoms with Crippen molar-refractivity contribution in [2.75, 3.05) is 10.2 Å². The molecule has 2 aliphatic rings. The number of rotatable bonds is 3. The third kappa shape index (κ3) is 2.57. The molecule has 3 amide bonds. The smallest absolute Gasteiger partial charge is 0.329 e. The van der Waals surface area contributed by atoms with Gasteiger partial charge in [0.1, 0.15) is 11.8 Å². The summed E-state index contributed by atoms with van der Waals surface area (Å²) in [4.78, 5) is 29.9. The number of fused-ring (bicyclic) bond motifs is 1. The van der Waals surface area contributed by atoms with Crippen LogP contribution in [0.4, 0.5) is 16.2 Å². The second kappa shape index (κ2) is 5.77. The van der Waals surface area contributed by atoms with Crippen LogP contribution in [0, 0.1) is 5.92 Å². The third-order valence-corrected chi connectivity index (χ3v) is 4.40. The molecule has 2 aliphatic heterocycles. The predicted molar refractivity (Wildman–Crippen MR) is 92.3 cm³/mol. The summed E-state index contributed by atoms with van der Waals surface area (Å²) in [5.41, 5.74) is 2.27. The Morgan fingerprint density at radius 3 is 2.56 bits per heavy atom. The van der Waals surface area contributed by atoms with Gasteiger partial charge in [-0.05, 0) is 30.2 Å². The van der Waals surface area contributed by atoms with Crippen LogP contribution in [-0.4, -0.2) is 23.0 Å². The van der Waals surface area contributed by atoms with Crippen LogP contribution in [0.3, 0.4) is 0 Å². The summed E-state index contributed by atoms with van der Waals surface area (Å²) in [6.07, 6.45) is 3.09. The Labute approximate surface area is 145 Å². The number of pyridine rings is 1. The normalized spacial score (nSPS) is 21.8. The van der Waals surface area contributed by atoms with E-state index in [1.807, 2.05) is 32.0 Å². The van der Waals surface area contributed by atoms with E-state index in [-0.39, 0.29) is 18.1 Å². The number of carbonyl (C=O) groups is 2. The van der Waals surface area contributed by atoms with Crippen molar-refractivity contribution in [1.29, 1.82) is 0 Å². The molecule has 0 bridgehead atoms. The summed E-state index contributed by atoms with van der Waals surface area (Å²) in [6, 6.07) is 8.11. The van der Waals surface area contributed by atoms with E-state index in [2.05, 4.69) is 15.6 Å². The first-order chi connectivity index (χ1) is 12.0. The van der Waals surface area contributed by atoms with E-state index in [9.17, 15) is 9.59 Å². The average molecular weight is 338 g/mol. The highest BCUT2D eigenvalue weighted by Gasteiger charge is 2.41. The minimum Gasteiger partial charge on any atom is -0.464 e. The summed E-state index contributed by atoms with van der Waals surface area (Å²) < 4.78 is 5.93. The molecule has 7 nitrogen and oxygen atoms in total. The fourth-order valence-corrected chi connectivity index (χ4v) is 3.05. The molecule has 128 valence electrons. The molecule has 1 aromatic heterocycles. The van der Waals surface area contributed by atoms with E-state index in [0.29, 0.717) is 11.4 Å². The van der Waals surface area contributed by atoms with Gasteiger partial charge in [0.25, 0.3) is 5.91 Å². The van der Waals surface area contributed by atoms with Crippen LogP contribution >= 0.6 is 0 Å². The largest absolute Gasteiger partial charge is 0.464 e. The molecule has 0 saturated carbocycles. The molecule has 25 heavy (non-hydrogen) atoms. The SMILES string of the molecule is CC(C)[C@@H]1NC(=O)N(c2ccc3c(c2)O[C@@H](c2ccncc2)N3)C1=O. The van der Waals surface area contributed by atoms with Crippen molar-refractivity contribution in [3.05, 3.63) is 48.3 Å². The van der Waals surface area contributed by atoms with Gasteiger partial charge in [-0.15, -0.1) is 0 Å². The van der Waals surface area contributed by atoms with Crippen LogP contribution in [0.1, 0.15) is 25.6 Å². The van der Waals surface area contributed by atoms with Crippen molar-refractivity contribution in [3.8, 4) is 5.75 Å². The van der Waals surface area contributed by atoms with E-state index >= 15 is 0 Å². The number of carbonyl (C=O) groups excluding carboxylic acids is 2. The lowest BCUT2D eigenvalue weighted by atomic mass is 10.0. The number of anilines is 2. The summed E-state index contributed by atoms with van der Waals surface area (Å²) in [5.74, 6) is 0.398. The van der Waals surface area contributed by atoms with Gasteiger partial charge in [-0.25, -0.2) is 9.69 Å². The van der Waals surface area contributed by atoms with Gasteiger partial charge in [-0.3, -0.25) is 9.78 Å². The van der Waals surface area contributed by atoms with Crippen molar-refractivity contribution in [3.63, 3.8) is 0 Å². The number of hydrogen-bond acceptors (Lipinski definition) is 5. The number of nitrogens with one attached hydrogen (secondary N) is 2. The highest BCUT2D eigenvalue weighted by molar-refractivity contribution is 6.21. The van der Waals surface area contributed by atoms with Crippen molar-refractivity contribution in [2.45, 2.75) is 26.1 Å². The quantitative estimate of drug-likeness (QED) is 0.841. The van der Waals surface area contributed by atoms with Gasteiger partial charge < -0.3 is 15.4 Å². The van der Waals surface area contributed by atoms with Gasteiger partial charge in [0, 0.05) is 24.0 Å². The Morgan fingerprint density at radius 1 is 1.12 bits per heavy atom. The first kappa shape index (κ1) is 15.4. The van der Waals surface area contributed by atoms with Gasteiger partial charge in [0.15, 0.2) is 6.23 Å². The lowest BCUT2D eigenvalue weighted by Crippen LogP contribution is -2.34. The Kier molecular flexibility index (Phi) is 3.56. The molecule has 0 unspecified atom stereocenters. The van der Waals surface area contributed by atoms with Crippen LogP contribution in [-0.2, 0) is 4.79 Å². The summed E-state index contributed by atoms with van der Waals surface area (Å²) >= 11 is 0. The Hall–Kier alpha value is -3.09. The fourth-order valence-electron chi connectivity index (χ4n) is 3.05. The Bertz CT molecular complexity index is 837. The van der Waals surface area contributed by atoms with Crippen molar-refractivity contribution < 1.29 is 14.3 Å². The van der Waals surface area contributed by atoms with Gasteiger partial charge in [0.05, 0.1) is 11.4 Å². The lowest BCUT2D eigenvalue weighted by Gasteiger charge is -2.15. The maximum absolute atomic E-state index is 12.5. The lowest BCUT2D eigenvalue weighted by molar-refractivity contribution is -0.119. The van der Waals surface area contributed by atoms with Crippen molar-refractivity contribution in [1.82, 2.24) is 10.3 Å². The zero-order chi connectivity index (χ0) is 17.6. The maximum Gasteiger partial charge on any atom is 0.329 e. The molecule has 7 heteroatoms. The number of urea groups is 1. The number of benzene rings is 1. The van der Waals surface area contributed by atoms with Gasteiger partial charge in [-0.2, -0.15) is 0 Å². The number of ether oxygens (including phenoxy) is 1. The molecule has 2 N–H and O–H groups in total. The molecule has 4 rings (SSSR count). The molecule has 0 spiro atoms. The van der Waals surface area contributed by atoms with E-state index in [0.717, 1.165) is 11.3 Å². The molecule has 1 saturated heterocycles. The third-order valence-electron chi connectivity index (χ3n) is 4.40. The minimum absolute atomic E-state index is 0.0323. The first-order valence-corrected chi connectivity index (χ1v) is 8.16. The molecule has 2 atom stereocenters. The molecule has 3 heterocycles. The average Bonchev–Trinajstić information content (AvgIpc) is 3.16. The van der Waals surface area contributed by atoms with Gasteiger partial charge in [-0.1, -0.05) is 13.8 Å². The monoisotopic (exact) mass is 338 g/mol. The van der Waals surface area contributed by atoms with E-state index in [1.165, 1.54) is 4.90 Å². The number of imide groups is 1. The van der Waals surface area contributed by atoms with Crippen LogP contribution in [0.25, 0.3) is 0 Å². The van der Waals surface area contributed by atoms with Crippen LogP contribution in [0.15, 0.2) is 42.7 Å². The number of amides is 3. The second-order valence-electron chi connectivity index (χ2n) is 6.45. The van der Waals surface area contributed by atoms with Gasteiger partial charge >= 0.3 is 6.03 Å². The first-order valence-electron chi connectivity index (χ1n) is 8.16. The zero-order valence-electron chi connectivity index (χ0n) is 13.9. The molecule has 1 fully saturated rings. The second-order valence-corrected chi connectivity index (χ2v) is 6.45. The molecular formula is C18H18N4O3. The molecule has 0 radical (unpaired) electrons. The minimum atomic E-state index is -0.496. The predicted octanol–water partition coefficient (Wildman–Crippen LogP) is 2.67. The van der Waals surface area contributed by atoms with Crippen LogP contribution in [0.2, 0.25) is 0 Å². The topological polar surface area (TPSA) is 83.6 Å². The highest BCUT2D eigenvalue weighted by Crippen LogP contribution is 2.40. The van der Waals surface area contributed by atoms with Crippen molar-refractivity contribution in [2.24, 2.45) is 5.92 Å². The number of nitrogens with zero attached hydrogens (tertiary/aromatic N) is 2. The van der Waals surface area contributed by atoms with Crippen molar-refractivity contribution >= 4 is 23.3 Å². The highest BCUT2D eigenvalue weighted by atomic mass is 16.5. The van der Waals surface area contributed by atoms with Crippen LogP contribution < -0.4 is 20.3 Å². The maximum atomic E-state index is 12.5. The molecule has 1 aromatic carbocycles. The standard InChI is InChI=1S/C18H18N4O3/c1-10(2)15-17(23)22(18(24)21-15)12-3-4-13-14(9-12)25-16(20-13)11-5-7-19-8-6-11/h3-10,15-16,20H,1-2H3,(H,21,24)/t15-,16-/m0/s1.